The minimum Gasteiger partial charge on any atom is -0.493 e. The van der Waals surface area contributed by atoms with Gasteiger partial charge in [0.05, 0.1) is 12.0 Å². The molecule has 0 aliphatic carbocycles. The van der Waals surface area contributed by atoms with Gasteiger partial charge in [-0.15, -0.1) is 11.3 Å². The molecular weight excluding hydrogens is 522 g/mol. The van der Waals surface area contributed by atoms with Gasteiger partial charge in [0.1, 0.15) is 11.8 Å². The van der Waals surface area contributed by atoms with Crippen molar-refractivity contribution in [1.29, 1.82) is 0 Å². The topological polar surface area (TPSA) is 76.1 Å². The summed E-state index contributed by atoms with van der Waals surface area (Å²) in [5.74, 6) is -0.339. The molecule has 4 rings (SSSR count). The molecule has 1 aromatic heterocycles. The predicted octanol–water partition coefficient (Wildman–Crippen LogP) is 6.99. The van der Waals surface area contributed by atoms with Crippen LogP contribution in [0.1, 0.15) is 59.9 Å². The summed E-state index contributed by atoms with van der Waals surface area (Å²) in [5, 5.41) is 11.0. The van der Waals surface area contributed by atoms with Crippen LogP contribution >= 0.6 is 22.9 Å². The molecule has 6 nitrogen and oxygen atoms in total. The number of carbonyl (C=O) groups excluding carboxylic acids is 1. The van der Waals surface area contributed by atoms with E-state index in [4.69, 9.17) is 21.1 Å². The largest absolute Gasteiger partial charge is 0.493 e. The number of hydrogen-bond acceptors (Lipinski definition) is 6. The van der Waals surface area contributed by atoms with Crippen LogP contribution in [-0.4, -0.2) is 35.1 Å². The SMILES string of the molecule is Cc1ccc(C)c(OCCCC(C)(C)C(=O)Oc2cc3c(s2)CCN([C@H](C(=O)O)c2ccccc2Cl)C3)c1. The van der Waals surface area contributed by atoms with Gasteiger partial charge in [0.15, 0.2) is 5.06 Å². The predicted molar refractivity (Wildman–Crippen MR) is 150 cm³/mol. The summed E-state index contributed by atoms with van der Waals surface area (Å²) in [6.45, 7) is 9.40. The van der Waals surface area contributed by atoms with Crippen LogP contribution in [-0.2, 0) is 22.6 Å². The number of rotatable bonds is 10. The highest BCUT2D eigenvalue weighted by Crippen LogP contribution is 2.38. The monoisotopic (exact) mass is 555 g/mol. The molecule has 8 heteroatoms. The van der Waals surface area contributed by atoms with Crippen LogP contribution in [0, 0.1) is 19.3 Å². The molecule has 0 radical (unpaired) electrons. The molecule has 1 aliphatic heterocycles. The Balaban J connectivity index is 1.35. The third-order valence-corrected chi connectivity index (χ3v) is 8.42. The van der Waals surface area contributed by atoms with E-state index >= 15 is 0 Å². The van der Waals surface area contributed by atoms with Gasteiger partial charge in [-0.3, -0.25) is 14.5 Å². The highest BCUT2D eigenvalue weighted by molar-refractivity contribution is 7.14. The van der Waals surface area contributed by atoms with Crippen LogP contribution in [0.4, 0.5) is 0 Å². The zero-order valence-electron chi connectivity index (χ0n) is 22.3. The quantitative estimate of drug-likeness (QED) is 0.214. The van der Waals surface area contributed by atoms with Gasteiger partial charge in [0, 0.05) is 23.0 Å². The van der Waals surface area contributed by atoms with E-state index in [9.17, 15) is 14.7 Å². The number of carboxylic acid groups (broad SMARTS) is 1. The summed E-state index contributed by atoms with van der Waals surface area (Å²) in [5.41, 5.74) is 3.15. The average molecular weight is 556 g/mol. The molecule has 1 atom stereocenters. The molecule has 0 saturated carbocycles. The fourth-order valence-electron chi connectivity index (χ4n) is 4.67. The minimum atomic E-state index is -0.938. The summed E-state index contributed by atoms with van der Waals surface area (Å²) in [4.78, 5) is 28.2. The Bertz CT molecular complexity index is 1320. The standard InChI is InChI=1S/C30H34ClNO5S/c1-19-10-11-20(2)24(16-19)36-15-7-13-30(3,4)29(35)37-26-17-21-18-32(14-12-25(21)38-26)27(28(33)34)22-8-5-6-9-23(22)31/h5-6,8-11,16-17,27H,7,12-15,18H2,1-4H3,(H,33,34)/t27-/m0/s1. The molecular formula is C30H34ClNO5S. The van der Waals surface area contributed by atoms with Crippen LogP contribution in [0.5, 0.6) is 10.8 Å². The number of nitrogens with zero attached hydrogens (tertiary/aromatic N) is 1. The van der Waals surface area contributed by atoms with Crippen molar-refractivity contribution in [2.75, 3.05) is 13.2 Å². The second-order valence-electron chi connectivity index (χ2n) is 10.5. The van der Waals surface area contributed by atoms with E-state index in [2.05, 4.69) is 6.07 Å². The molecule has 2 aromatic carbocycles. The van der Waals surface area contributed by atoms with Gasteiger partial charge >= 0.3 is 11.9 Å². The lowest BCUT2D eigenvalue weighted by molar-refractivity contribution is -0.144. The molecule has 38 heavy (non-hydrogen) atoms. The molecule has 0 fully saturated rings. The minimum absolute atomic E-state index is 0.279. The van der Waals surface area contributed by atoms with E-state index < -0.39 is 17.4 Å². The van der Waals surface area contributed by atoms with Gasteiger partial charge in [0.2, 0.25) is 0 Å². The van der Waals surface area contributed by atoms with Crippen LogP contribution in [0.2, 0.25) is 5.02 Å². The van der Waals surface area contributed by atoms with Crippen molar-refractivity contribution < 1.29 is 24.2 Å². The first kappa shape index (κ1) is 28.1. The van der Waals surface area contributed by atoms with E-state index in [-0.39, 0.29) is 5.97 Å². The molecule has 0 amide bonds. The van der Waals surface area contributed by atoms with Crippen molar-refractivity contribution >= 4 is 34.9 Å². The fourth-order valence-corrected chi connectivity index (χ4v) is 5.92. The van der Waals surface area contributed by atoms with Crippen LogP contribution in [0.3, 0.4) is 0 Å². The lowest BCUT2D eigenvalue weighted by Crippen LogP contribution is -2.37. The summed E-state index contributed by atoms with van der Waals surface area (Å²) in [7, 11) is 0. The number of carbonyl (C=O) groups is 2. The molecule has 0 saturated heterocycles. The molecule has 3 aromatic rings. The number of carboxylic acids is 1. The maximum Gasteiger partial charge on any atom is 0.325 e. The average Bonchev–Trinajstić information content (AvgIpc) is 3.26. The summed E-state index contributed by atoms with van der Waals surface area (Å²) in [6, 6.07) is 14.2. The van der Waals surface area contributed by atoms with Crippen molar-refractivity contribution in [3.63, 3.8) is 0 Å². The van der Waals surface area contributed by atoms with Crippen LogP contribution in [0.25, 0.3) is 0 Å². The Morgan fingerprint density at radius 2 is 1.92 bits per heavy atom. The van der Waals surface area contributed by atoms with Gasteiger partial charge in [-0.25, -0.2) is 0 Å². The molecule has 2 heterocycles. The maximum absolute atomic E-state index is 13.0. The van der Waals surface area contributed by atoms with Gasteiger partial charge in [0.25, 0.3) is 0 Å². The number of esters is 1. The highest BCUT2D eigenvalue weighted by atomic mass is 35.5. The van der Waals surface area contributed by atoms with Crippen molar-refractivity contribution in [1.82, 2.24) is 4.90 Å². The first-order valence-electron chi connectivity index (χ1n) is 12.8. The Kier molecular flexibility index (Phi) is 8.81. The number of halogens is 1. The Morgan fingerprint density at radius 3 is 2.66 bits per heavy atom. The Labute approximate surface area is 233 Å². The fraction of sp³-hybridized carbons (Fsp3) is 0.400. The van der Waals surface area contributed by atoms with Gasteiger partial charge in [-0.05, 0) is 87.4 Å². The normalized spacial score (nSPS) is 14.6. The molecule has 202 valence electrons. The van der Waals surface area contributed by atoms with Crippen LogP contribution < -0.4 is 9.47 Å². The van der Waals surface area contributed by atoms with Gasteiger partial charge < -0.3 is 14.6 Å². The molecule has 0 spiro atoms. The number of hydrogen-bond donors (Lipinski definition) is 1. The van der Waals surface area contributed by atoms with E-state index in [1.54, 1.807) is 24.3 Å². The lowest BCUT2D eigenvalue weighted by atomic mass is 9.88. The third kappa shape index (κ3) is 6.57. The number of thiophene rings is 1. The summed E-state index contributed by atoms with van der Waals surface area (Å²) >= 11 is 7.78. The molecule has 1 aliphatic rings. The highest BCUT2D eigenvalue weighted by Gasteiger charge is 2.34. The number of aryl methyl sites for hydroxylation is 2. The van der Waals surface area contributed by atoms with E-state index in [0.29, 0.717) is 48.2 Å². The van der Waals surface area contributed by atoms with E-state index in [0.717, 1.165) is 33.7 Å². The zero-order valence-corrected chi connectivity index (χ0v) is 23.8. The lowest BCUT2D eigenvalue weighted by Gasteiger charge is -2.32. The number of fused-ring (bicyclic) bond motifs is 1. The molecule has 1 N–H and O–H groups in total. The Hall–Kier alpha value is -2.87. The van der Waals surface area contributed by atoms with E-state index in [1.807, 2.05) is 50.8 Å². The first-order valence-corrected chi connectivity index (χ1v) is 14.0. The van der Waals surface area contributed by atoms with Crippen molar-refractivity contribution in [2.24, 2.45) is 5.41 Å². The summed E-state index contributed by atoms with van der Waals surface area (Å²) in [6.07, 6.45) is 2.04. The van der Waals surface area contributed by atoms with E-state index in [1.165, 1.54) is 11.3 Å². The maximum atomic E-state index is 13.0. The second-order valence-corrected chi connectivity index (χ2v) is 12.0. The molecule has 0 bridgehead atoms. The third-order valence-electron chi connectivity index (χ3n) is 6.97. The van der Waals surface area contributed by atoms with Gasteiger partial charge in [-0.2, -0.15) is 0 Å². The zero-order chi connectivity index (χ0) is 27.4. The van der Waals surface area contributed by atoms with Crippen molar-refractivity contribution in [3.05, 3.63) is 80.7 Å². The number of benzene rings is 2. The van der Waals surface area contributed by atoms with Gasteiger partial charge in [-0.1, -0.05) is 41.9 Å². The Morgan fingerprint density at radius 1 is 1.16 bits per heavy atom. The van der Waals surface area contributed by atoms with Crippen LogP contribution in [0.15, 0.2) is 48.5 Å². The summed E-state index contributed by atoms with van der Waals surface area (Å²) < 4.78 is 11.8. The smallest absolute Gasteiger partial charge is 0.325 e. The van der Waals surface area contributed by atoms with Crippen molar-refractivity contribution in [2.45, 2.75) is 59.5 Å². The number of aliphatic carboxylic acids is 1. The second kappa shape index (κ2) is 11.9. The molecule has 0 unspecified atom stereocenters. The first-order chi connectivity index (χ1) is 18.0. The number of ether oxygens (including phenoxy) is 2. The van der Waals surface area contributed by atoms with Crippen molar-refractivity contribution in [3.8, 4) is 10.8 Å².